The molecule has 230 valence electrons. The van der Waals surface area contributed by atoms with Gasteiger partial charge in [-0.2, -0.15) is 18.4 Å². The van der Waals surface area contributed by atoms with Crippen molar-refractivity contribution in [3.8, 4) is 17.6 Å². The third-order valence-corrected chi connectivity index (χ3v) is 7.52. The lowest BCUT2D eigenvalue weighted by atomic mass is 9.95. The molecule has 3 aromatic carbocycles. The summed E-state index contributed by atoms with van der Waals surface area (Å²) < 4.78 is 43.9. The number of ether oxygens (including phenoxy) is 1. The molecule has 8 nitrogen and oxygen atoms in total. The van der Waals surface area contributed by atoms with Gasteiger partial charge in [-0.05, 0) is 91.4 Å². The summed E-state index contributed by atoms with van der Waals surface area (Å²) in [6.45, 7) is 3.97. The van der Waals surface area contributed by atoms with Crippen molar-refractivity contribution in [1.29, 1.82) is 5.26 Å². The molecule has 0 atom stereocenters. The monoisotopic (exact) mass is 605 g/mol. The molecule has 4 rings (SSSR count). The maximum absolute atomic E-state index is 13.1. The molecule has 11 heteroatoms. The summed E-state index contributed by atoms with van der Waals surface area (Å²) in [6.07, 6.45) is -0.285. The number of hydrogen-bond donors (Lipinski definition) is 2. The number of rotatable bonds is 10. The molecule has 0 bridgehead atoms. The van der Waals surface area contributed by atoms with Gasteiger partial charge in [0.2, 0.25) is 0 Å². The summed E-state index contributed by atoms with van der Waals surface area (Å²) >= 11 is 0. The summed E-state index contributed by atoms with van der Waals surface area (Å²) in [5, 5.41) is 11.5. The van der Waals surface area contributed by atoms with Crippen LogP contribution in [0.2, 0.25) is 0 Å². The lowest BCUT2D eigenvalue weighted by Gasteiger charge is -2.31. The molecule has 1 aliphatic heterocycles. The van der Waals surface area contributed by atoms with E-state index in [1.807, 2.05) is 13.0 Å². The van der Waals surface area contributed by atoms with Gasteiger partial charge in [0, 0.05) is 54.8 Å². The Bertz CT molecular complexity index is 1520. The highest BCUT2D eigenvalue weighted by molar-refractivity contribution is 6.00. The van der Waals surface area contributed by atoms with E-state index in [0.29, 0.717) is 54.5 Å². The molecule has 0 radical (unpaired) electrons. The van der Waals surface area contributed by atoms with Crippen LogP contribution >= 0.6 is 0 Å². The lowest BCUT2D eigenvalue weighted by molar-refractivity contribution is -0.137. The van der Waals surface area contributed by atoms with E-state index in [-0.39, 0.29) is 30.5 Å². The van der Waals surface area contributed by atoms with Gasteiger partial charge >= 0.3 is 6.18 Å². The molecule has 1 saturated heterocycles. The first-order valence-corrected chi connectivity index (χ1v) is 14.4. The van der Waals surface area contributed by atoms with Crippen LogP contribution < -0.4 is 15.8 Å². The molecule has 1 aliphatic rings. The van der Waals surface area contributed by atoms with E-state index in [0.717, 1.165) is 36.1 Å². The Morgan fingerprint density at radius 2 is 1.70 bits per heavy atom. The second-order valence-corrected chi connectivity index (χ2v) is 10.5. The van der Waals surface area contributed by atoms with Crippen LogP contribution in [-0.4, -0.2) is 49.1 Å². The smallest absolute Gasteiger partial charge is 0.416 e. The molecule has 3 aromatic rings. The number of nitrogens with two attached hydrogens (primary N) is 1. The topological polar surface area (TPSA) is 121 Å². The zero-order chi connectivity index (χ0) is 31.7. The third-order valence-electron chi connectivity index (χ3n) is 7.52. The summed E-state index contributed by atoms with van der Waals surface area (Å²) in [5.41, 5.74) is 8.56. The number of carbonyl (C=O) groups excluding carboxylic acids is 2. The maximum Gasteiger partial charge on any atom is 0.416 e. The number of nitrogen functional groups attached to an aromatic ring is 1. The average molecular weight is 606 g/mol. The number of amides is 2. The Hall–Kier alpha value is -4.85. The number of anilines is 1. The lowest BCUT2D eigenvalue weighted by Crippen LogP contribution is -2.39. The first-order chi connectivity index (χ1) is 21.1. The largest absolute Gasteiger partial charge is 0.457 e. The molecule has 0 unspecified atom stereocenters. The number of carbonyl (C=O) groups is 2. The number of likely N-dealkylation sites (tertiary alicyclic amines) is 1. The van der Waals surface area contributed by atoms with E-state index in [4.69, 9.17) is 15.7 Å². The van der Waals surface area contributed by atoms with Crippen LogP contribution in [-0.2, 0) is 12.6 Å². The Morgan fingerprint density at radius 3 is 2.30 bits per heavy atom. The minimum Gasteiger partial charge on any atom is -0.457 e. The van der Waals surface area contributed by atoms with Crippen molar-refractivity contribution in [3.05, 3.63) is 88.5 Å². The van der Waals surface area contributed by atoms with Crippen LogP contribution in [0.4, 0.5) is 18.9 Å². The highest BCUT2D eigenvalue weighted by atomic mass is 19.4. The summed E-state index contributed by atoms with van der Waals surface area (Å²) in [6, 6.07) is 16.3. The molecule has 44 heavy (non-hydrogen) atoms. The van der Waals surface area contributed by atoms with Gasteiger partial charge < -0.3 is 20.7 Å². The van der Waals surface area contributed by atoms with Gasteiger partial charge in [0.25, 0.3) is 11.8 Å². The van der Waals surface area contributed by atoms with Crippen molar-refractivity contribution < 1.29 is 27.5 Å². The van der Waals surface area contributed by atoms with E-state index >= 15 is 0 Å². The van der Waals surface area contributed by atoms with Crippen LogP contribution in [0.25, 0.3) is 0 Å². The van der Waals surface area contributed by atoms with Gasteiger partial charge in [-0.15, -0.1) is 0 Å². The number of aliphatic imine (C=N–C) groups is 1. The van der Waals surface area contributed by atoms with E-state index in [2.05, 4.69) is 10.3 Å². The zero-order valence-electron chi connectivity index (χ0n) is 24.4. The first kappa shape index (κ1) is 32.1. The number of piperidine rings is 1. The first-order valence-electron chi connectivity index (χ1n) is 14.4. The number of hydrogen-bond acceptors (Lipinski definition) is 6. The van der Waals surface area contributed by atoms with E-state index in [9.17, 15) is 22.8 Å². The van der Waals surface area contributed by atoms with Crippen LogP contribution in [0, 0.1) is 17.2 Å². The average Bonchev–Trinajstić information content (AvgIpc) is 3.02. The summed E-state index contributed by atoms with van der Waals surface area (Å²) in [5.74, 6) is 0.623. The van der Waals surface area contributed by atoms with Crippen molar-refractivity contribution >= 4 is 23.7 Å². The molecular weight excluding hydrogens is 571 g/mol. The SMILES string of the molecule is CCc1c(C(=O)NCCC#N)ccc(N)c1C=NCC1CCN(C(=O)c2ccc(Oc3ccc(C(F)(F)F)cc3)cc2)CC1. The molecule has 0 spiro atoms. The van der Waals surface area contributed by atoms with Gasteiger partial charge in [0.1, 0.15) is 11.5 Å². The highest BCUT2D eigenvalue weighted by Gasteiger charge is 2.30. The Labute approximate surface area is 254 Å². The Kier molecular flexibility index (Phi) is 10.6. The van der Waals surface area contributed by atoms with Gasteiger partial charge in [0.15, 0.2) is 0 Å². The minimum atomic E-state index is -4.41. The minimum absolute atomic E-state index is 0.0988. The fourth-order valence-corrected chi connectivity index (χ4v) is 5.06. The fourth-order valence-electron chi connectivity index (χ4n) is 5.06. The van der Waals surface area contributed by atoms with Gasteiger partial charge in [0.05, 0.1) is 18.1 Å². The summed E-state index contributed by atoms with van der Waals surface area (Å²) in [7, 11) is 0. The zero-order valence-corrected chi connectivity index (χ0v) is 24.4. The fraction of sp³-hybridized carbons (Fsp3) is 0.333. The van der Waals surface area contributed by atoms with Crippen LogP contribution in [0.15, 0.2) is 65.7 Å². The van der Waals surface area contributed by atoms with Crippen molar-refractivity contribution in [1.82, 2.24) is 10.2 Å². The number of nitrogens with one attached hydrogen (secondary N) is 1. The van der Waals surface area contributed by atoms with Gasteiger partial charge in [-0.1, -0.05) is 6.92 Å². The van der Waals surface area contributed by atoms with Crippen molar-refractivity contribution in [2.45, 2.75) is 38.8 Å². The van der Waals surface area contributed by atoms with Crippen molar-refractivity contribution in [2.75, 3.05) is 31.9 Å². The quantitative estimate of drug-likeness (QED) is 0.161. The van der Waals surface area contributed by atoms with Gasteiger partial charge in [-0.25, -0.2) is 0 Å². The summed E-state index contributed by atoms with van der Waals surface area (Å²) in [4.78, 5) is 32.1. The Balaban J connectivity index is 1.29. The molecule has 1 heterocycles. The highest BCUT2D eigenvalue weighted by Crippen LogP contribution is 2.31. The predicted molar refractivity (Wildman–Crippen MR) is 162 cm³/mol. The van der Waals surface area contributed by atoms with E-state index in [1.165, 1.54) is 12.1 Å². The van der Waals surface area contributed by atoms with E-state index < -0.39 is 11.7 Å². The molecule has 0 aromatic heterocycles. The number of halogens is 3. The number of nitriles is 1. The number of benzene rings is 3. The number of alkyl halides is 3. The standard InChI is InChI=1S/C33H34F3N5O3/c1-2-27-28(31(42)40-17-3-16-37)12-13-30(38)29(27)21-39-20-22-14-18-41(19-15-22)32(43)23-4-8-25(9-5-23)44-26-10-6-24(7-11-26)33(34,35)36/h4-13,21-22H,2-3,14-15,17-20,38H2,1H3,(H,40,42). The molecule has 0 aliphatic carbocycles. The molecule has 0 saturated carbocycles. The van der Waals surface area contributed by atoms with Gasteiger partial charge in [-0.3, -0.25) is 14.6 Å². The van der Waals surface area contributed by atoms with E-state index in [1.54, 1.807) is 47.5 Å². The molecule has 3 N–H and O–H groups in total. The third kappa shape index (κ3) is 8.16. The van der Waals surface area contributed by atoms with Crippen LogP contribution in [0.5, 0.6) is 11.5 Å². The van der Waals surface area contributed by atoms with Crippen LogP contribution in [0.3, 0.4) is 0 Å². The van der Waals surface area contributed by atoms with Crippen molar-refractivity contribution in [3.63, 3.8) is 0 Å². The van der Waals surface area contributed by atoms with Crippen LogP contribution in [0.1, 0.15) is 63.6 Å². The second kappa shape index (κ2) is 14.6. The Morgan fingerprint density at radius 1 is 1.07 bits per heavy atom. The second-order valence-electron chi connectivity index (χ2n) is 10.5. The normalized spacial score (nSPS) is 13.9. The maximum atomic E-state index is 13.1. The van der Waals surface area contributed by atoms with Crippen molar-refractivity contribution in [2.24, 2.45) is 10.9 Å². The number of nitrogens with zero attached hydrogens (tertiary/aromatic N) is 3. The predicted octanol–water partition coefficient (Wildman–Crippen LogP) is 6.26. The molecule has 2 amide bonds. The molecule has 1 fully saturated rings. The molecular formula is C33H34F3N5O3.